The number of nitrogens with one attached hydrogen (secondary N) is 2. The molecule has 9 heteroatoms. The third-order valence-electron chi connectivity index (χ3n) is 5.27. The Bertz CT molecular complexity index is 1010. The van der Waals surface area contributed by atoms with Crippen LogP contribution < -0.4 is 20.1 Å². The highest BCUT2D eigenvalue weighted by molar-refractivity contribution is 6.08. The van der Waals surface area contributed by atoms with Gasteiger partial charge in [0.1, 0.15) is 18.1 Å². The quantitative estimate of drug-likeness (QED) is 0.579. The molecule has 2 heterocycles. The molecule has 4 amide bonds. The van der Waals surface area contributed by atoms with Crippen LogP contribution in [0.15, 0.2) is 42.5 Å². The predicted molar refractivity (Wildman–Crippen MR) is 105 cm³/mol. The maximum Gasteiger partial charge on any atom is 0.322 e. The highest BCUT2D eigenvalue weighted by atomic mass is 16.5. The zero-order valence-electron chi connectivity index (χ0n) is 16.3. The van der Waals surface area contributed by atoms with E-state index in [-0.39, 0.29) is 25.7 Å². The number of urea groups is 1. The number of rotatable bonds is 7. The lowest BCUT2D eigenvalue weighted by atomic mass is 9.89. The Morgan fingerprint density at radius 2 is 1.83 bits per heavy atom. The molecule has 1 atom stereocenters. The first-order chi connectivity index (χ1) is 14.5. The molecule has 2 aliphatic rings. The molecule has 30 heavy (non-hydrogen) atoms. The molecule has 0 spiro atoms. The Morgan fingerprint density at radius 1 is 1.10 bits per heavy atom. The molecule has 4 rings (SSSR count). The van der Waals surface area contributed by atoms with Crippen LogP contribution in [0.3, 0.4) is 0 Å². The van der Waals surface area contributed by atoms with Gasteiger partial charge < -0.3 is 24.8 Å². The van der Waals surface area contributed by atoms with Crippen LogP contribution >= 0.6 is 0 Å². The summed E-state index contributed by atoms with van der Waals surface area (Å²) < 4.78 is 10.6. The van der Waals surface area contributed by atoms with Gasteiger partial charge in [0.25, 0.3) is 11.8 Å². The van der Waals surface area contributed by atoms with Crippen LogP contribution in [0.4, 0.5) is 4.79 Å². The highest BCUT2D eigenvalue weighted by Crippen LogP contribution is 2.33. The molecule has 1 fully saturated rings. The molecule has 1 saturated heterocycles. The maximum atomic E-state index is 13.0. The average Bonchev–Trinajstić information content (AvgIpc) is 3.22. The molecular weight excluding hydrogens is 390 g/mol. The monoisotopic (exact) mass is 411 g/mol. The Labute approximate surface area is 172 Å². The van der Waals surface area contributed by atoms with Gasteiger partial charge in [-0.25, -0.2) is 4.79 Å². The van der Waals surface area contributed by atoms with Gasteiger partial charge in [-0.2, -0.15) is 0 Å². The van der Waals surface area contributed by atoms with E-state index < -0.39 is 17.5 Å². The van der Waals surface area contributed by atoms with E-state index in [1.807, 2.05) is 6.07 Å². The minimum absolute atomic E-state index is 0.0305. The molecule has 0 unspecified atom stereocenters. The molecule has 156 valence electrons. The number of fused-ring (bicyclic) bond motifs is 1. The van der Waals surface area contributed by atoms with Crippen molar-refractivity contribution in [3.63, 3.8) is 0 Å². The van der Waals surface area contributed by atoms with Crippen molar-refractivity contribution >= 4 is 17.8 Å². The number of carbonyl (C=O) groups is 3. The first-order valence-electron chi connectivity index (χ1n) is 9.41. The number of imide groups is 1. The highest BCUT2D eigenvalue weighted by Gasteiger charge is 2.50. The van der Waals surface area contributed by atoms with Crippen LogP contribution in [0.1, 0.15) is 21.5 Å². The Balaban J connectivity index is 1.63. The number of hydrogen-bond donors (Lipinski definition) is 3. The molecule has 3 N–H and O–H groups in total. The van der Waals surface area contributed by atoms with Gasteiger partial charge in [0.15, 0.2) is 5.54 Å². The Kier molecular flexibility index (Phi) is 5.04. The SMILES string of the molecule is COc1ccc2c(c1)C(=O)N(C[C@@]1(c3ccc(OCCO)cc3)NC(=O)NC1=O)C2. The van der Waals surface area contributed by atoms with Crippen molar-refractivity contribution in [1.82, 2.24) is 15.5 Å². The minimum atomic E-state index is -1.42. The van der Waals surface area contributed by atoms with Gasteiger partial charge in [0.05, 0.1) is 20.3 Å². The zero-order valence-corrected chi connectivity index (χ0v) is 16.3. The van der Waals surface area contributed by atoms with E-state index in [1.54, 1.807) is 36.4 Å². The zero-order chi connectivity index (χ0) is 21.3. The number of ether oxygens (including phenoxy) is 2. The fourth-order valence-corrected chi connectivity index (χ4v) is 3.78. The summed E-state index contributed by atoms with van der Waals surface area (Å²) in [5.74, 6) is 0.325. The van der Waals surface area contributed by atoms with Crippen LogP contribution in [0, 0.1) is 0 Å². The average molecular weight is 411 g/mol. The lowest BCUT2D eigenvalue weighted by Gasteiger charge is -2.31. The fraction of sp³-hybridized carbons (Fsp3) is 0.286. The van der Waals surface area contributed by atoms with Crippen molar-refractivity contribution in [1.29, 1.82) is 0 Å². The van der Waals surface area contributed by atoms with Crippen LogP contribution in [0.5, 0.6) is 11.5 Å². The third-order valence-corrected chi connectivity index (χ3v) is 5.27. The van der Waals surface area contributed by atoms with Crippen LogP contribution in [0.2, 0.25) is 0 Å². The first-order valence-corrected chi connectivity index (χ1v) is 9.41. The van der Waals surface area contributed by atoms with E-state index in [1.165, 1.54) is 12.0 Å². The van der Waals surface area contributed by atoms with Gasteiger partial charge in [-0.15, -0.1) is 0 Å². The summed E-state index contributed by atoms with van der Waals surface area (Å²) in [5, 5.41) is 13.8. The van der Waals surface area contributed by atoms with E-state index >= 15 is 0 Å². The molecule has 2 aromatic carbocycles. The number of nitrogens with zero attached hydrogens (tertiary/aromatic N) is 1. The van der Waals surface area contributed by atoms with E-state index in [4.69, 9.17) is 14.6 Å². The summed E-state index contributed by atoms with van der Waals surface area (Å²) in [5.41, 5.74) is 0.438. The lowest BCUT2D eigenvalue weighted by molar-refractivity contribution is -0.124. The first kappa shape index (κ1) is 19.7. The number of aliphatic hydroxyl groups is 1. The second-order valence-electron chi connectivity index (χ2n) is 7.09. The maximum absolute atomic E-state index is 13.0. The minimum Gasteiger partial charge on any atom is -0.497 e. The summed E-state index contributed by atoms with van der Waals surface area (Å²) in [6, 6.07) is 11.3. The topological polar surface area (TPSA) is 117 Å². The van der Waals surface area contributed by atoms with E-state index in [2.05, 4.69) is 10.6 Å². The fourth-order valence-electron chi connectivity index (χ4n) is 3.78. The molecule has 0 saturated carbocycles. The third kappa shape index (κ3) is 3.33. The van der Waals surface area contributed by atoms with Crippen molar-refractivity contribution in [3.8, 4) is 11.5 Å². The molecule has 0 radical (unpaired) electrons. The number of aliphatic hydroxyl groups excluding tert-OH is 1. The van der Waals surface area contributed by atoms with Crippen molar-refractivity contribution < 1.29 is 29.0 Å². The van der Waals surface area contributed by atoms with Gasteiger partial charge in [-0.1, -0.05) is 18.2 Å². The van der Waals surface area contributed by atoms with Crippen LogP contribution in [0.25, 0.3) is 0 Å². The van der Waals surface area contributed by atoms with Crippen molar-refractivity contribution in [2.24, 2.45) is 0 Å². The second kappa shape index (κ2) is 7.68. The number of benzene rings is 2. The summed E-state index contributed by atoms with van der Waals surface area (Å²) >= 11 is 0. The molecule has 2 aliphatic heterocycles. The van der Waals surface area contributed by atoms with E-state index in [0.29, 0.717) is 29.2 Å². The van der Waals surface area contributed by atoms with Crippen molar-refractivity contribution in [2.45, 2.75) is 12.1 Å². The summed E-state index contributed by atoms with van der Waals surface area (Å²) in [6.07, 6.45) is 0. The van der Waals surface area contributed by atoms with Gasteiger partial charge >= 0.3 is 6.03 Å². The largest absolute Gasteiger partial charge is 0.497 e. The van der Waals surface area contributed by atoms with Crippen LogP contribution in [-0.2, 0) is 16.9 Å². The van der Waals surface area contributed by atoms with Crippen molar-refractivity contribution in [2.75, 3.05) is 26.9 Å². The van der Waals surface area contributed by atoms with Gasteiger partial charge in [0, 0.05) is 12.1 Å². The molecule has 0 aliphatic carbocycles. The molecule has 0 bridgehead atoms. The van der Waals surface area contributed by atoms with Gasteiger partial charge in [-0.3, -0.25) is 14.9 Å². The van der Waals surface area contributed by atoms with E-state index in [9.17, 15) is 14.4 Å². The standard InChI is InChI=1S/C21H21N3O6/c1-29-16-5-2-13-11-24(18(26)17(13)10-16)12-21(19(27)22-20(28)23-21)14-3-6-15(7-4-14)30-9-8-25/h2-7,10,25H,8-9,11-12H2,1H3,(H2,22,23,27,28)/t21-/m0/s1. The number of methoxy groups -OCH3 is 1. The van der Waals surface area contributed by atoms with Gasteiger partial charge in [-0.05, 0) is 35.4 Å². The second-order valence-corrected chi connectivity index (χ2v) is 7.09. The molecular formula is C21H21N3O6. The van der Waals surface area contributed by atoms with Crippen molar-refractivity contribution in [3.05, 3.63) is 59.2 Å². The Hall–Kier alpha value is -3.59. The molecule has 2 aromatic rings. The normalized spacial score (nSPS) is 20.1. The summed E-state index contributed by atoms with van der Waals surface area (Å²) in [7, 11) is 1.53. The van der Waals surface area contributed by atoms with Gasteiger partial charge in [0.2, 0.25) is 0 Å². The summed E-state index contributed by atoms with van der Waals surface area (Å²) in [6.45, 7) is 0.316. The summed E-state index contributed by atoms with van der Waals surface area (Å²) in [4.78, 5) is 39.3. The van der Waals surface area contributed by atoms with Crippen LogP contribution in [-0.4, -0.2) is 54.7 Å². The molecule has 9 nitrogen and oxygen atoms in total. The Morgan fingerprint density at radius 3 is 2.47 bits per heavy atom. The number of hydrogen-bond acceptors (Lipinski definition) is 6. The smallest absolute Gasteiger partial charge is 0.322 e. The predicted octanol–water partition coefficient (Wildman–Crippen LogP) is 0.757. The molecule has 0 aromatic heterocycles. The number of carbonyl (C=O) groups excluding carboxylic acids is 3. The number of amides is 4. The lowest BCUT2D eigenvalue weighted by Crippen LogP contribution is -2.52. The van der Waals surface area contributed by atoms with E-state index in [0.717, 1.165) is 5.56 Å².